The smallest absolute Gasteiger partial charge is 0.266 e. The van der Waals surface area contributed by atoms with Gasteiger partial charge in [-0.25, -0.2) is 4.98 Å². The Kier molecular flexibility index (Phi) is 3.39. The van der Waals surface area contributed by atoms with E-state index in [0.29, 0.717) is 12.2 Å². The number of thiazole rings is 1. The molecule has 19 heavy (non-hydrogen) atoms. The Bertz CT molecular complexity index is 511. The fourth-order valence-electron chi connectivity index (χ4n) is 3.35. The highest BCUT2D eigenvalue weighted by atomic mass is 32.1. The van der Waals surface area contributed by atoms with Crippen LogP contribution in [0.25, 0.3) is 0 Å². The first-order valence-corrected chi connectivity index (χ1v) is 7.80. The van der Waals surface area contributed by atoms with Crippen LogP contribution in [-0.2, 0) is 4.79 Å². The van der Waals surface area contributed by atoms with Crippen LogP contribution in [0.5, 0.6) is 0 Å². The van der Waals surface area contributed by atoms with Crippen molar-refractivity contribution in [3.05, 3.63) is 16.1 Å². The summed E-state index contributed by atoms with van der Waals surface area (Å²) >= 11 is 1.40. The van der Waals surface area contributed by atoms with Crippen LogP contribution in [0.1, 0.15) is 47.5 Å². The molecule has 2 atom stereocenters. The number of aromatic nitrogens is 1. The van der Waals surface area contributed by atoms with Gasteiger partial charge in [-0.1, -0.05) is 0 Å². The topological polar surface area (TPSA) is 50.3 Å². The summed E-state index contributed by atoms with van der Waals surface area (Å²) in [6.07, 6.45) is 4.62. The second-order valence-corrected chi connectivity index (χ2v) is 6.29. The third kappa shape index (κ3) is 2.20. The van der Waals surface area contributed by atoms with Crippen molar-refractivity contribution in [1.82, 2.24) is 9.88 Å². The summed E-state index contributed by atoms with van der Waals surface area (Å²) in [5.74, 6) is 0.507. The normalized spacial score (nSPS) is 27.2. The number of rotatable bonds is 2. The molecular weight excluding hydrogens is 260 g/mol. The molecule has 1 saturated heterocycles. The molecule has 1 aromatic heterocycles. The summed E-state index contributed by atoms with van der Waals surface area (Å²) in [4.78, 5) is 31.3. The van der Waals surface area contributed by atoms with E-state index >= 15 is 0 Å². The van der Waals surface area contributed by atoms with Crippen LogP contribution in [0.4, 0.5) is 0 Å². The minimum absolute atomic E-state index is 0.0715. The van der Waals surface area contributed by atoms with Crippen molar-refractivity contribution >= 4 is 23.0 Å². The predicted molar refractivity (Wildman–Crippen MR) is 73.3 cm³/mol. The van der Waals surface area contributed by atoms with Gasteiger partial charge >= 0.3 is 0 Å². The molecule has 2 fully saturated rings. The molecule has 0 radical (unpaired) electrons. The average Bonchev–Trinajstić information content (AvgIpc) is 3.07. The summed E-state index contributed by atoms with van der Waals surface area (Å²) < 4.78 is 0. The lowest BCUT2D eigenvalue weighted by molar-refractivity contribution is -0.121. The molecule has 0 spiro atoms. The highest BCUT2D eigenvalue weighted by molar-refractivity contribution is 7.11. The molecule has 2 heterocycles. The van der Waals surface area contributed by atoms with Gasteiger partial charge in [0, 0.05) is 24.9 Å². The molecule has 4 nitrogen and oxygen atoms in total. The number of nitrogens with zero attached hydrogens (tertiary/aromatic N) is 2. The van der Waals surface area contributed by atoms with E-state index < -0.39 is 0 Å². The van der Waals surface area contributed by atoms with E-state index in [1.165, 1.54) is 11.3 Å². The second-order valence-electron chi connectivity index (χ2n) is 5.44. The zero-order chi connectivity index (χ0) is 13.4. The molecule has 2 unspecified atom stereocenters. The van der Waals surface area contributed by atoms with Crippen molar-refractivity contribution < 1.29 is 9.59 Å². The molecule has 1 aliphatic carbocycles. The molecule has 0 bridgehead atoms. The molecular formula is C14H18N2O2S. The van der Waals surface area contributed by atoms with Gasteiger partial charge in [0.2, 0.25) is 0 Å². The molecule has 3 rings (SSSR count). The number of Topliss-reactive ketones (excluding diaryl/α,β-unsaturated/α-hetero) is 1. The lowest BCUT2D eigenvalue weighted by atomic mass is 9.95. The molecule has 1 saturated carbocycles. The van der Waals surface area contributed by atoms with Crippen molar-refractivity contribution in [2.75, 3.05) is 6.54 Å². The molecule has 0 N–H and O–H groups in total. The molecule has 1 aromatic rings. The standard InChI is InChI=1S/C14H18N2O2S/c1-9-13(19-8-15-9)14(18)16-7-3-5-11(16)10-4-2-6-12(10)17/h8,10-11H,2-7H2,1H3. The number of ketones is 1. The first-order chi connectivity index (χ1) is 9.18. The molecule has 0 aromatic carbocycles. The van der Waals surface area contributed by atoms with E-state index in [1.807, 2.05) is 11.8 Å². The number of hydrogen-bond donors (Lipinski definition) is 0. The summed E-state index contributed by atoms with van der Waals surface area (Å²) in [7, 11) is 0. The quantitative estimate of drug-likeness (QED) is 0.835. The van der Waals surface area contributed by atoms with Gasteiger partial charge in [0.25, 0.3) is 5.91 Å². The molecule has 2 aliphatic rings. The number of likely N-dealkylation sites (tertiary alicyclic amines) is 1. The van der Waals surface area contributed by atoms with E-state index in [-0.39, 0.29) is 17.9 Å². The Morgan fingerprint density at radius 2 is 2.26 bits per heavy atom. The van der Waals surface area contributed by atoms with Crippen LogP contribution in [0.3, 0.4) is 0 Å². The van der Waals surface area contributed by atoms with Crippen molar-refractivity contribution in [3.63, 3.8) is 0 Å². The Morgan fingerprint density at radius 1 is 1.42 bits per heavy atom. The van der Waals surface area contributed by atoms with Crippen molar-refractivity contribution in [3.8, 4) is 0 Å². The van der Waals surface area contributed by atoms with Crippen LogP contribution in [0.2, 0.25) is 0 Å². The van der Waals surface area contributed by atoms with Crippen LogP contribution < -0.4 is 0 Å². The number of amides is 1. The maximum Gasteiger partial charge on any atom is 0.266 e. The largest absolute Gasteiger partial charge is 0.334 e. The Balaban J connectivity index is 1.81. The fourth-order valence-corrected chi connectivity index (χ4v) is 4.11. The maximum atomic E-state index is 12.6. The predicted octanol–water partition coefficient (Wildman–Crippen LogP) is 2.43. The second kappa shape index (κ2) is 5.04. The summed E-state index contributed by atoms with van der Waals surface area (Å²) in [6.45, 7) is 2.65. The van der Waals surface area contributed by atoms with Gasteiger partial charge in [-0.15, -0.1) is 11.3 Å². The van der Waals surface area contributed by atoms with Gasteiger partial charge in [-0.3, -0.25) is 9.59 Å². The SMILES string of the molecule is Cc1ncsc1C(=O)N1CCCC1C1CCCC1=O. The van der Waals surface area contributed by atoms with Gasteiger partial charge in [0.1, 0.15) is 10.7 Å². The van der Waals surface area contributed by atoms with Gasteiger partial charge in [-0.2, -0.15) is 0 Å². The molecule has 102 valence electrons. The number of carbonyl (C=O) groups excluding carboxylic acids is 2. The molecule has 5 heteroatoms. The van der Waals surface area contributed by atoms with Crippen LogP contribution >= 0.6 is 11.3 Å². The van der Waals surface area contributed by atoms with Crippen LogP contribution in [0.15, 0.2) is 5.51 Å². The Labute approximate surface area is 116 Å². The minimum Gasteiger partial charge on any atom is -0.334 e. The van der Waals surface area contributed by atoms with E-state index in [9.17, 15) is 9.59 Å². The highest BCUT2D eigenvalue weighted by Crippen LogP contribution is 2.34. The monoisotopic (exact) mass is 278 g/mol. The first-order valence-electron chi connectivity index (χ1n) is 6.92. The zero-order valence-corrected chi connectivity index (χ0v) is 11.9. The Morgan fingerprint density at radius 3 is 2.89 bits per heavy atom. The highest BCUT2D eigenvalue weighted by Gasteiger charge is 2.40. The molecule has 1 aliphatic heterocycles. The van der Waals surface area contributed by atoms with E-state index in [2.05, 4.69) is 4.98 Å². The summed E-state index contributed by atoms with van der Waals surface area (Å²) in [5.41, 5.74) is 2.52. The molecule has 1 amide bonds. The van der Waals surface area contributed by atoms with E-state index in [0.717, 1.165) is 42.8 Å². The fraction of sp³-hybridized carbons (Fsp3) is 0.643. The third-order valence-corrected chi connectivity index (χ3v) is 5.23. The average molecular weight is 278 g/mol. The summed E-state index contributed by atoms with van der Waals surface area (Å²) in [5, 5.41) is 0. The van der Waals surface area contributed by atoms with Crippen molar-refractivity contribution in [1.29, 1.82) is 0 Å². The lowest BCUT2D eigenvalue weighted by Crippen LogP contribution is -2.41. The lowest BCUT2D eigenvalue weighted by Gasteiger charge is -2.28. The van der Waals surface area contributed by atoms with Gasteiger partial charge in [0.15, 0.2) is 0 Å². The minimum atomic E-state index is 0.0715. The summed E-state index contributed by atoms with van der Waals surface area (Å²) in [6, 6.07) is 0.129. The Hall–Kier alpha value is -1.23. The zero-order valence-electron chi connectivity index (χ0n) is 11.1. The van der Waals surface area contributed by atoms with E-state index in [1.54, 1.807) is 5.51 Å². The van der Waals surface area contributed by atoms with Crippen molar-refractivity contribution in [2.45, 2.75) is 45.1 Å². The number of carbonyl (C=O) groups is 2. The number of hydrogen-bond acceptors (Lipinski definition) is 4. The first kappa shape index (κ1) is 12.8. The van der Waals surface area contributed by atoms with Crippen molar-refractivity contribution in [2.24, 2.45) is 5.92 Å². The van der Waals surface area contributed by atoms with Crippen LogP contribution in [-0.4, -0.2) is 34.2 Å². The van der Waals surface area contributed by atoms with E-state index in [4.69, 9.17) is 0 Å². The third-order valence-electron chi connectivity index (χ3n) is 4.32. The number of aryl methyl sites for hydroxylation is 1. The maximum absolute atomic E-state index is 12.6. The van der Waals surface area contributed by atoms with Gasteiger partial charge in [0.05, 0.1) is 11.2 Å². The van der Waals surface area contributed by atoms with Crippen LogP contribution in [0, 0.1) is 12.8 Å². The van der Waals surface area contributed by atoms with Gasteiger partial charge in [-0.05, 0) is 32.6 Å². The van der Waals surface area contributed by atoms with Gasteiger partial charge < -0.3 is 4.90 Å².